The van der Waals surface area contributed by atoms with E-state index in [0.717, 1.165) is 17.9 Å². The lowest BCUT2D eigenvalue weighted by Crippen LogP contribution is -2.48. The number of hydrogen-bond acceptors (Lipinski definition) is 4. The zero-order chi connectivity index (χ0) is 14.8. The number of rotatable bonds is 4. The van der Waals surface area contributed by atoms with Gasteiger partial charge in [-0.05, 0) is 38.2 Å². The molecule has 1 saturated heterocycles. The Kier molecular flexibility index (Phi) is 4.83. The van der Waals surface area contributed by atoms with Gasteiger partial charge in [0.2, 0.25) is 0 Å². The fourth-order valence-electron chi connectivity index (χ4n) is 2.84. The van der Waals surface area contributed by atoms with Gasteiger partial charge in [-0.3, -0.25) is 4.21 Å². The molecule has 1 fully saturated rings. The lowest BCUT2D eigenvalue weighted by molar-refractivity contribution is -0.0304. The van der Waals surface area contributed by atoms with E-state index in [4.69, 9.17) is 4.74 Å². The van der Waals surface area contributed by atoms with Crippen molar-refractivity contribution in [2.24, 2.45) is 5.92 Å². The molecule has 1 heterocycles. The van der Waals surface area contributed by atoms with Gasteiger partial charge in [-0.15, -0.1) is 0 Å². The summed E-state index contributed by atoms with van der Waals surface area (Å²) in [4.78, 5) is 2.04. The molecule has 0 saturated carbocycles. The minimum absolute atomic E-state index is 0.0285. The van der Waals surface area contributed by atoms with Crippen LogP contribution in [0.2, 0.25) is 0 Å². The molecule has 1 aromatic rings. The maximum atomic E-state index is 11.9. The Morgan fingerprint density at radius 1 is 1.50 bits per heavy atom. The predicted molar refractivity (Wildman–Crippen MR) is 81.4 cm³/mol. The summed E-state index contributed by atoms with van der Waals surface area (Å²) < 4.78 is 17.1. The normalized spacial score (nSPS) is 30.4. The van der Waals surface area contributed by atoms with Crippen molar-refractivity contribution < 1.29 is 14.1 Å². The molecule has 0 bridgehead atoms. The zero-order valence-corrected chi connectivity index (χ0v) is 13.2. The molecule has 0 amide bonds. The third-order valence-electron chi connectivity index (χ3n) is 3.93. The highest BCUT2D eigenvalue weighted by Crippen LogP contribution is 2.38. The van der Waals surface area contributed by atoms with Crippen molar-refractivity contribution in [1.82, 2.24) is 4.90 Å². The Labute approximate surface area is 123 Å². The van der Waals surface area contributed by atoms with Gasteiger partial charge in [-0.25, -0.2) is 0 Å². The average molecular weight is 297 g/mol. The third kappa shape index (κ3) is 3.22. The molecule has 3 atom stereocenters. The Balaban J connectivity index is 2.34. The van der Waals surface area contributed by atoms with Crippen LogP contribution in [0.1, 0.15) is 12.0 Å². The summed E-state index contributed by atoms with van der Waals surface area (Å²) in [5.74, 6) is 1.81. The second-order valence-corrected chi connectivity index (χ2v) is 7.30. The maximum Gasteiger partial charge on any atom is 0.119 e. The fraction of sp³-hybridized carbons (Fsp3) is 0.600. The molecule has 0 aromatic heterocycles. The van der Waals surface area contributed by atoms with Gasteiger partial charge in [0.25, 0.3) is 0 Å². The first-order valence-corrected chi connectivity index (χ1v) is 8.31. The molecular formula is C15H23NO3S. The van der Waals surface area contributed by atoms with Crippen molar-refractivity contribution in [3.63, 3.8) is 0 Å². The second-order valence-electron chi connectivity index (χ2n) is 5.68. The first kappa shape index (κ1) is 15.5. The van der Waals surface area contributed by atoms with Crippen molar-refractivity contribution in [3.8, 4) is 5.75 Å². The van der Waals surface area contributed by atoms with Crippen LogP contribution in [0.3, 0.4) is 0 Å². The summed E-state index contributed by atoms with van der Waals surface area (Å²) in [7, 11) is 4.74. The van der Waals surface area contributed by atoms with Crippen molar-refractivity contribution >= 4 is 10.8 Å². The van der Waals surface area contributed by atoms with Crippen molar-refractivity contribution in [1.29, 1.82) is 0 Å². The predicted octanol–water partition coefficient (Wildman–Crippen LogP) is 1.21. The Bertz CT molecular complexity index is 492. The van der Waals surface area contributed by atoms with Gasteiger partial charge < -0.3 is 14.7 Å². The molecule has 0 unspecified atom stereocenters. The van der Waals surface area contributed by atoms with Gasteiger partial charge in [-0.2, -0.15) is 0 Å². The molecule has 0 radical (unpaired) electrons. The molecule has 1 N–H and O–H groups in total. The molecule has 2 rings (SSSR count). The molecule has 0 aliphatic carbocycles. The summed E-state index contributed by atoms with van der Waals surface area (Å²) in [6.45, 7) is 0.722. The second kappa shape index (κ2) is 6.24. The largest absolute Gasteiger partial charge is 0.497 e. The van der Waals surface area contributed by atoms with E-state index >= 15 is 0 Å². The summed E-state index contributed by atoms with van der Waals surface area (Å²) in [6.07, 6.45) is 0.533. The molecule has 0 spiro atoms. The van der Waals surface area contributed by atoms with E-state index in [1.165, 1.54) is 0 Å². The topological polar surface area (TPSA) is 49.8 Å². The lowest BCUT2D eigenvalue weighted by atomic mass is 9.79. The van der Waals surface area contributed by atoms with Crippen LogP contribution in [0.15, 0.2) is 24.3 Å². The monoisotopic (exact) mass is 297 g/mol. The maximum absolute atomic E-state index is 11.9. The summed E-state index contributed by atoms with van der Waals surface area (Å²) >= 11 is 0. The van der Waals surface area contributed by atoms with Crippen LogP contribution in [0.5, 0.6) is 5.75 Å². The van der Waals surface area contributed by atoms with Gasteiger partial charge in [0, 0.05) is 34.8 Å². The van der Waals surface area contributed by atoms with E-state index in [1.54, 1.807) is 7.11 Å². The molecule has 1 aromatic carbocycles. The quantitative estimate of drug-likeness (QED) is 0.908. The summed E-state index contributed by atoms with van der Waals surface area (Å²) in [6, 6.07) is 7.58. The number of benzene rings is 1. The highest BCUT2D eigenvalue weighted by atomic mass is 32.2. The van der Waals surface area contributed by atoms with E-state index < -0.39 is 16.4 Å². The fourth-order valence-corrected chi connectivity index (χ4v) is 4.37. The van der Waals surface area contributed by atoms with Gasteiger partial charge >= 0.3 is 0 Å². The Morgan fingerprint density at radius 2 is 2.25 bits per heavy atom. The first-order chi connectivity index (χ1) is 9.45. The van der Waals surface area contributed by atoms with E-state index in [-0.39, 0.29) is 5.92 Å². The number of methoxy groups -OCH3 is 1. The van der Waals surface area contributed by atoms with Gasteiger partial charge in [0.15, 0.2) is 0 Å². The van der Waals surface area contributed by atoms with Gasteiger partial charge in [0.05, 0.1) is 12.7 Å². The smallest absolute Gasteiger partial charge is 0.119 e. The number of nitrogens with zero attached hydrogens (tertiary/aromatic N) is 1. The van der Waals surface area contributed by atoms with Crippen LogP contribution in [-0.4, -0.2) is 53.5 Å². The van der Waals surface area contributed by atoms with E-state index in [0.29, 0.717) is 17.9 Å². The van der Waals surface area contributed by atoms with Crippen molar-refractivity contribution in [2.45, 2.75) is 12.0 Å². The van der Waals surface area contributed by atoms with Gasteiger partial charge in [-0.1, -0.05) is 12.1 Å². The highest BCUT2D eigenvalue weighted by molar-refractivity contribution is 7.85. The third-order valence-corrected chi connectivity index (χ3v) is 5.36. The van der Waals surface area contributed by atoms with Crippen molar-refractivity contribution in [2.75, 3.05) is 39.3 Å². The zero-order valence-electron chi connectivity index (χ0n) is 12.3. The molecule has 112 valence electrons. The molecular weight excluding hydrogens is 274 g/mol. The van der Waals surface area contributed by atoms with Crippen molar-refractivity contribution in [3.05, 3.63) is 29.8 Å². The standard InChI is InChI=1S/C15H23NO3S/c1-16(2)10-13-11-20(18)8-7-15(13,17)12-5-4-6-14(9-12)19-3/h4-6,9,13,17H,7-8,10-11H2,1-3H3/t13-,15-,20-/m0/s1. The minimum Gasteiger partial charge on any atom is -0.497 e. The van der Waals surface area contributed by atoms with Crippen LogP contribution in [-0.2, 0) is 16.4 Å². The Hall–Kier alpha value is -0.910. The van der Waals surface area contributed by atoms with Crippen LogP contribution in [0.25, 0.3) is 0 Å². The van der Waals surface area contributed by atoms with Crippen LogP contribution in [0, 0.1) is 5.92 Å². The first-order valence-electron chi connectivity index (χ1n) is 6.82. The van der Waals surface area contributed by atoms with Crippen LogP contribution < -0.4 is 4.74 Å². The minimum atomic E-state index is -0.924. The van der Waals surface area contributed by atoms with E-state index in [2.05, 4.69) is 0 Å². The number of ether oxygens (including phenoxy) is 1. The highest BCUT2D eigenvalue weighted by Gasteiger charge is 2.43. The Morgan fingerprint density at radius 3 is 2.90 bits per heavy atom. The van der Waals surface area contributed by atoms with E-state index in [9.17, 15) is 9.32 Å². The van der Waals surface area contributed by atoms with Crippen LogP contribution >= 0.6 is 0 Å². The number of hydrogen-bond donors (Lipinski definition) is 1. The number of aliphatic hydroxyl groups is 1. The summed E-state index contributed by atoms with van der Waals surface area (Å²) in [5, 5.41) is 11.2. The summed E-state index contributed by atoms with van der Waals surface area (Å²) in [5.41, 5.74) is -0.0624. The molecule has 5 heteroatoms. The SMILES string of the molecule is COc1cccc([C@@]2(O)CC[S@](=O)C[C@@H]2CN(C)C)c1. The molecule has 1 aliphatic rings. The van der Waals surface area contributed by atoms with Crippen LogP contribution in [0.4, 0.5) is 0 Å². The molecule has 4 nitrogen and oxygen atoms in total. The lowest BCUT2D eigenvalue weighted by Gasteiger charge is -2.41. The molecule has 1 aliphatic heterocycles. The van der Waals surface area contributed by atoms with Gasteiger partial charge in [0.1, 0.15) is 5.75 Å². The average Bonchev–Trinajstić information content (AvgIpc) is 2.42. The molecule has 20 heavy (non-hydrogen) atoms. The van der Waals surface area contributed by atoms with E-state index in [1.807, 2.05) is 43.3 Å².